The Morgan fingerprint density at radius 3 is 2.75 bits per heavy atom. The van der Waals surface area contributed by atoms with Crippen molar-refractivity contribution >= 4 is 39.1 Å². The van der Waals surface area contributed by atoms with Gasteiger partial charge in [-0.3, -0.25) is 9.59 Å². The fourth-order valence-electron chi connectivity index (χ4n) is 2.61. The highest BCUT2D eigenvalue weighted by atomic mass is 32.1. The number of nitrogens with zero attached hydrogens (tertiary/aromatic N) is 2. The molecule has 8 heteroatoms. The summed E-state index contributed by atoms with van der Waals surface area (Å²) < 4.78 is 6.56. The molecule has 0 bridgehead atoms. The first-order valence-electron chi connectivity index (χ1n) is 8.87. The zero-order valence-corrected chi connectivity index (χ0v) is 16.7. The molecule has 3 rings (SSSR count). The van der Waals surface area contributed by atoms with E-state index in [2.05, 4.69) is 10.3 Å². The second-order valence-electron chi connectivity index (χ2n) is 6.81. The Hall–Kier alpha value is -3.00. The van der Waals surface area contributed by atoms with E-state index in [1.165, 1.54) is 4.57 Å². The lowest BCUT2D eigenvalue weighted by atomic mass is 10.2. The van der Waals surface area contributed by atoms with Crippen LogP contribution in [-0.2, 0) is 16.1 Å². The van der Waals surface area contributed by atoms with Crippen LogP contribution in [0, 0.1) is 12.8 Å². The molecule has 1 N–H and O–H groups in total. The lowest BCUT2D eigenvalue weighted by Crippen LogP contribution is -2.27. The number of esters is 1. The second kappa shape index (κ2) is 8.35. The van der Waals surface area contributed by atoms with Crippen LogP contribution in [0.3, 0.4) is 0 Å². The number of amides is 1. The van der Waals surface area contributed by atoms with Crippen LogP contribution in [0.15, 0.2) is 41.3 Å². The molecular weight excluding hydrogens is 378 g/mol. The number of pyridine rings is 1. The summed E-state index contributed by atoms with van der Waals surface area (Å²) in [5.41, 5.74) is 0.262. The van der Waals surface area contributed by atoms with Gasteiger partial charge in [-0.15, -0.1) is 0 Å². The van der Waals surface area contributed by atoms with E-state index >= 15 is 0 Å². The number of fused-ring (bicyclic) bond motifs is 1. The predicted octanol–water partition coefficient (Wildman–Crippen LogP) is 3.22. The number of ether oxygens (including phenoxy) is 1. The minimum Gasteiger partial charge on any atom is -0.461 e. The number of benzene rings is 1. The van der Waals surface area contributed by atoms with Gasteiger partial charge in [0, 0.05) is 11.6 Å². The highest BCUT2D eigenvalue weighted by Gasteiger charge is 2.18. The van der Waals surface area contributed by atoms with E-state index < -0.39 is 11.9 Å². The minimum atomic E-state index is -0.449. The fraction of sp³-hybridized carbons (Fsp3) is 0.300. The van der Waals surface area contributed by atoms with E-state index in [0.717, 1.165) is 16.7 Å². The maximum absolute atomic E-state index is 12.5. The molecule has 1 aromatic carbocycles. The normalized spacial score (nSPS) is 11.0. The molecule has 28 heavy (non-hydrogen) atoms. The standard InChI is InChI=1S/C20H21N3O4S/c1-12(2)11-27-19(26)17-13(3)21-20(28-17)22-16(24)10-23-9-8-14-6-4-5-7-15(14)18(23)25/h4-9,12H,10-11H2,1-3H3,(H,21,22,24). The van der Waals surface area contributed by atoms with Crippen LogP contribution in [0.25, 0.3) is 10.8 Å². The van der Waals surface area contributed by atoms with Crippen molar-refractivity contribution in [1.82, 2.24) is 9.55 Å². The van der Waals surface area contributed by atoms with Gasteiger partial charge in [0.1, 0.15) is 11.4 Å². The average molecular weight is 399 g/mol. The largest absolute Gasteiger partial charge is 0.461 e. The lowest BCUT2D eigenvalue weighted by molar-refractivity contribution is -0.116. The fourth-order valence-corrected chi connectivity index (χ4v) is 3.49. The molecule has 0 spiro atoms. The van der Waals surface area contributed by atoms with Gasteiger partial charge in [-0.1, -0.05) is 43.4 Å². The number of aromatic nitrogens is 2. The Morgan fingerprint density at radius 2 is 2.00 bits per heavy atom. The van der Waals surface area contributed by atoms with Gasteiger partial charge in [-0.05, 0) is 30.4 Å². The summed E-state index contributed by atoms with van der Waals surface area (Å²) >= 11 is 1.06. The van der Waals surface area contributed by atoms with Crippen LogP contribution in [0.5, 0.6) is 0 Å². The molecule has 0 aliphatic rings. The second-order valence-corrected chi connectivity index (χ2v) is 7.81. The number of nitrogens with one attached hydrogen (secondary N) is 1. The van der Waals surface area contributed by atoms with Crippen LogP contribution < -0.4 is 10.9 Å². The number of aryl methyl sites for hydroxylation is 1. The van der Waals surface area contributed by atoms with E-state index in [0.29, 0.717) is 27.7 Å². The Balaban J connectivity index is 1.70. The quantitative estimate of drug-likeness (QED) is 0.643. The molecule has 0 radical (unpaired) electrons. The van der Waals surface area contributed by atoms with Crippen molar-refractivity contribution in [3.8, 4) is 0 Å². The van der Waals surface area contributed by atoms with Crippen molar-refractivity contribution in [2.75, 3.05) is 11.9 Å². The summed E-state index contributed by atoms with van der Waals surface area (Å²) in [7, 11) is 0. The lowest BCUT2D eigenvalue weighted by Gasteiger charge is -2.07. The van der Waals surface area contributed by atoms with Crippen LogP contribution in [0.2, 0.25) is 0 Å². The van der Waals surface area contributed by atoms with Crippen molar-refractivity contribution in [2.45, 2.75) is 27.3 Å². The first-order chi connectivity index (χ1) is 13.3. The van der Waals surface area contributed by atoms with Crippen molar-refractivity contribution in [3.63, 3.8) is 0 Å². The topological polar surface area (TPSA) is 90.3 Å². The number of rotatable bonds is 6. The summed E-state index contributed by atoms with van der Waals surface area (Å²) in [5, 5.41) is 4.32. The molecule has 0 atom stereocenters. The van der Waals surface area contributed by atoms with Crippen molar-refractivity contribution in [3.05, 3.63) is 57.5 Å². The van der Waals surface area contributed by atoms with Gasteiger partial charge in [0.2, 0.25) is 5.91 Å². The zero-order valence-electron chi connectivity index (χ0n) is 15.9. The molecule has 0 saturated heterocycles. The highest BCUT2D eigenvalue weighted by Crippen LogP contribution is 2.23. The van der Waals surface area contributed by atoms with Gasteiger partial charge in [0.25, 0.3) is 5.56 Å². The van der Waals surface area contributed by atoms with E-state index in [4.69, 9.17) is 4.74 Å². The maximum Gasteiger partial charge on any atom is 0.350 e. The van der Waals surface area contributed by atoms with E-state index in [1.54, 1.807) is 31.3 Å². The summed E-state index contributed by atoms with van der Waals surface area (Å²) in [6, 6.07) is 9.00. The van der Waals surface area contributed by atoms with E-state index in [9.17, 15) is 14.4 Å². The maximum atomic E-state index is 12.5. The Kier molecular flexibility index (Phi) is 5.89. The molecule has 3 aromatic rings. The first-order valence-corrected chi connectivity index (χ1v) is 9.69. The number of anilines is 1. The van der Waals surface area contributed by atoms with Crippen molar-refractivity contribution < 1.29 is 14.3 Å². The molecule has 1 amide bonds. The summed E-state index contributed by atoms with van der Waals surface area (Å²) in [6.07, 6.45) is 1.59. The molecular formula is C20H21N3O4S. The number of hydrogen-bond acceptors (Lipinski definition) is 6. The molecule has 0 unspecified atom stereocenters. The molecule has 2 heterocycles. The van der Waals surface area contributed by atoms with Crippen LogP contribution in [0.1, 0.15) is 29.2 Å². The summed E-state index contributed by atoms with van der Waals surface area (Å²) in [4.78, 5) is 41.5. The third-order valence-corrected chi connectivity index (χ3v) is 5.03. The monoisotopic (exact) mass is 399 g/mol. The molecule has 7 nitrogen and oxygen atoms in total. The molecule has 0 aliphatic heterocycles. The van der Waals surface area contributed by atoms with Crippen LogP contribution in [-0.4, -0.2) is 28.0 Å². The predicted molar refractivity (Wildman–Crippen MR) is 109 cm³/mol. The minimum absolute atomic E-state index is 0.143. The molecule has 0 fully saturated rings. The molecule has 146 valence electrons. The molecule has 0 saturated carbocycles. The van der Waals surface area contributed by atoms with E-state index in [-0.39, 0.29) is 18.0 Å². The zero-order chi connectivity index (χ0) is 20.3. The Morgan fingerprint density at radius 1 is 1.25 bits per heavy atom. The smallest absolute Gasteiger partial charge is 0.350 e. The van der Waals surface area contributed by atoms with Gasteiger partial charge < -0.3 is 14.6 Å². The summed E-state index contributed by atoms with van der Waals surface area (Å²) in [5.74, 6) is -0.611. The van der Waals surface area contributed by atoms with Crippen LogP contribution in [0.4, 0.5) is 5.13 Å². The van der Waals surface area contributed by atoms with Gasteiger partial charge in [0.15, 0.2) is 5.13 Å². The highest BCUT2D eigenvalue weighted by molar-refractivity contribution is 7.17. The van der Waals surface area contributed by atoms with Crippen LogP contribution >= 0.6 is 11.3 Å². The average Bonchev–Trinajstić information content (AvgIpc) is 3.02. The van der Waals surface area contributed by atoms with Gasteiger partial charge in [0.05, 0.1) is 12.3 Å². The summed E-state index contributed by atoms with van der Waals surface area (Å²) in [6.45, 7) is 5.77. The third kappa shape index (κ3) is 4.45. The Bertz CT molecular complexity index is 1080. The third-order valence-electron chi connectivity index (χ3n) is 3.98. The number of thiazole rings is 1. The molecule has 0 aliphatic carbocycles. The molecule has 2 aromatic heterocycles. The van der Waals surface area contributed by atoms with Gasteiger partial charge in [-0.25, -0.2) is 9.78 Å². The van der Waals surface area contributed by atoms with Crippen molar-refractivity contribution in [1.29, 1.82) is 0 Å². The van der Waals surface area contributed by atoms with Gasteiger partial charge in [-0.2, -0.15) is 0 Å². The SMILES string of the molecule is Cc1nc(NC(=O)Cn2ccc3ccccc3c2=O)sc1C(=O)OCC(C)C. The number of hydrogen-bond donors (Lipinski definition) is 1. The first kappa shape index (κ1) is 19.8. The van der Waals surface area contributed by atoms with Gasteiger partial charge >= 0.3 is 5.97 Å². The number of carbonyl (C=O) groups excluding carboxylic acids is 2. The Labute approximate surface area is 166 Å². The number of carbonyl (C=O) groups is 2. The van der Waals surface area contributed by atoms with E-state index in [1.807, 2.05) is 26.0 Å². The van der Waals surface area contributed by atoms with Crippen molar-refractivity contribution in [2.24, 2.45) is 5.92 Å².